The maximum Gasteiger partial charge on any atom is 0.416 e. The number of alkyl halides is 6. The molecule has 3 rings (SSSR count). The molecule has 4 nitrogen and oxygen atoms in total. The molecule has 1 aliphatic rings. The van der Waals surface area contributed by atoms with Crippen LogP contribution in [0.5, 0.6) is 0 Å². The predicted molar refractivity (Wildman–Crippen MR) is 118 cm³/mol. The third-order valence-electron chi connectivity index (χ3n) is 5.69. The molecule has 0 saturated carbocycles. The van der Waals surface area contributed by atoms with Gasteiger partial charge in [0.1, 0.15) is 0 Å². The average Bonchev–Trinajstić information content (AvgIpc) is 2.79. The lowest BCUT2D eigenvalue weighted by Gasteiger charge is -2.42. The largest absolute Gasteiger partial charge is 0.416 e. The van der Waals surface area contributed by atoms with E-state index in [1.807, 2.05) is 0 Å². The van der Waals surface area contributed by atoms with E-state index in [2.05, 4.69) is 0 Å². The number of hydrogen-bond donors (Lipinski definition) is 0. The van der Waals surface area contributed by atoms with Gasteiger partial charge in [-0.05, 0) is 42.3 Å². The number of rotatable bonds is 4. The topological polar surface area (TPSA) is 40.6 Å². The third kappa shape index (κ3) is 6.41. The van der Waals surface area contributed by atoms with Crippen molar-refractivity contribution in [2.24, 2.45) is 0 Å². The number of nitrogens with zero attached hydrogens (tertiary/aromatic N) is 2. The highest BCUT2D eigenvalue weighted by Gasteiger charge is 2.39. The van der Waals surface area contributed by atoms with Crippen LogP contribution < -0.4 is 0 Å². The predicted octanol–water partition coefficient (Wildman–Crippen LogP) is 6.34. The SMILES string of the molecule is CCC(=O)N1CCN(C(=O)c2cc(C(F)(F)F)cc(C(F)(F)F)c2)C(Cc2ccc(Cl)c(Cl)c2)C1. The number of carbonyl (C=O) groups is 2. The fourth-order valence-electron chi connectivity index (χ4n) is 3.93. The zero-order valence-corrected chi connectivity index (χ0v) is 19.8. The summed E-state index contributed by atoms with van der Waals surface area (Å²) in [6.07, 6.45) is -9.80. The molecule has 1 aliphatic heterocycles. The van der Waals surface area contributed by atoms with Crippen LogP contribution in [0.3, 0.4) is 0 Å². The Morgan fingerprint density at radius 2 is 1.51 bits per heavy atom. The van der Waals surface area contributed by atoms with Crippen molar-refractivity contribution in [1.29, 1.82) is 0 Å². The summed E-state index contributed by atoms with van der Waals surface area (Å²) in [7, 11) is 0. The lowest BCUT2D eigenvalue weighted by Crippen LogP contribution is -2.57. The van der Waals surface area contributed by atoms with E-state index in [1.165, 1.54) is 15.9 Å². The zero-order chi connectivity index (χ0) is 26.1. The number of benzene rings is 2. The molecule has 2 amide bonds. The van der Waals surface area contributed by atoms with Crippen LogP contribution in [0.1, 0.15) is 40.4 Å². The molecular formula is C23H20Cl2F6N2O2. The lowest BCUT2D eigenvalue weighted by molar-refractivity contribution is -0.143. The maximum atomic E-state index is 13.3. The summed E-state index contributed by atoms with van der Waals surface area (Å²) >= 11 is 12.0. The Morgan fingerprint density at radius 3 is 2.03 bits per heavy atom. The van der Waals surface area contributed by atoms with Crippen molar-refractivity contribution in [3.63, 3.8) is 0 Å². The van der Waals surface area contributed by atoms with Gasteiger partial charge in [0.2, 0.25) is 5.91 Å². The molecule has 1 atom stereocenters. The van der Waals surface area contributed by atoms with Crippen molar-refractivity contribution >= 4 is 35.0 Å². The van der Waals surface area contributed by atoms with Crippen LogP contribution in [0.15, 0.2) is 36.4 Å². The first-order chi connectivity index (χ1) is 16.2. The Bertz CT molecular complexity index is 1090. The quantitative estimate of drug-likeness (QED) is 0.425. The van der Waals surface area contributed by atoms with Crippen LogP contribution in [0.25, 0.3) is 0 Å². The van der Waals surface area contributed by atoms with Gasteiger partial charge in [0.15, 0.2) is 0 Å². The molecule has 0 N–H and O–H groups in total. The van der Waals surface area contributed by atoms with Gasteiger partial charge in [-0.3, -0.25) is 9.59 Å². The second-order valence-electron chi connectivity index (χ2n) is 8.09. The number of amides is 2. The van der Waals surface area contributed by atoms with E-state index in [0.29, 0.717) is 22.7 Å². The van der Waals surface area contributed by atoms with E-state index in [1.54, 1.807) is 19.1 Å². The third-order valence-corrected chi connectivity index (χ3v) is 6.43. The van der Waals surface area contributed by atoms with E-state index < -0.39 is 41.0 Å². The van der Waals surface area contributed by atoms with Gasteiger partial charge in [0.25, 0.3) is 5.91 Å². The summed E-state index contributed by atoms with van der Waals surface area (Å²) in [6, 6.07) is 4.82. The smallest absolute Gasteiger partial charge is 0.339 e. The normalized spacial score (nSPS) is 17.0. The summed E-state index contributed by atoms with van der Waals surface area (Å²) in [5, 5.41) is 0.533. The minimum Gasteiger partial charge on any atom is -0.339 e. The summed E-state index contributed by atoms with van der Waals surface area (Å²) in [5.41, 5.74) is -3.25. The Labute approximate surface area is 207 Å². The maximum absolute atomic E-state index is 13.3. The molecule has 12 heteroatoms. The minimum atomic E-state index is -5.08. The first-order valence-corrected chi connectivity index (χ1v) is 11.3. The molecule has 1 fully saturated rings. The van der Waals surface area contributed by atoms with Crippen molar-refractivity contribution in [3.8, 4) is 0 Å². The Hall–Kier alpha value is -2.46. The second-order valence-corrected chi connectivity index (χ2v) is 8.91. The van der Waals surface area contributed by atoms with Crippen molar-refractivity contribution in [2.75, 3.05) is 19.6 Å². The van der Waals surface area contributed by atoms with Gasteiger partial charge in [0.05, 0.1) is 27.2 Å². The van der Waals surface area contributed by atoms with Gasteiger partial charge in [-0.25, -0.2) is 0 Å². The van der Waals surface area contributed by atoms with Gasteiger partial charge < -0.3 is 9.80 Å². The lowest BCUT2D eigenvalue weighted by atomic mass is 9.99. The number of hydrogen-bond acceptors (Lipinski definition) is 2. The van der Waals surface area contributed by atoms with Gasteiger partial charge in [-0.2, -0.15) is 26.3 Å². The highest BCUT2D eigenvalue weighted by molar-refractivity contribution is 6.42. The van der Waals surface area contributed by atoms with Gasteiger partial charge >= 0.3 is 12.4 Å². The standard InChI is InChI=1S/C23H20Cl2F6N2O2/c1-2-20(34)32-5-6-33(17(12-32)7-13-3-4-18(24)19(25)8-13)21(35)14-9-15(22(26,27)28)11-16(10-14)23(29,30)31/h3-4,8-11,17H,2,5-7,12H2,1H3. The van der Waals surface area contributed by atoms with E-state index >= 15 is 0 Å². The molecule has 2 aromatic rings. The van der Waals surface area contributed by atoms with Crippen LogP contribution in [0.2, 0.25) is 10.0 Å². The fourth-order valence-corrected chi connectivity index (χ4v) is 4.25. The summed E-state index contributed by atoms with van der Waals surface area (Å²) in [4.78, 5) is 28.2. The van der Waals surface area contributed by atoms with Gasteiger partial charge in [-0.15, -0.1) is 0 Å². The molecule has 190 valence electrons. The van der Waals surface area contributed by atoms with Crippen LogP contribution >= 0.6 is 23.2 Å². The molecule has 0 spiro atoms. The van der Waals surface area contributed by atoms with Crippen molar-refractivity contribution in [3.05, 3.63) is 68.7 Å². The van der Waals surface area contributed by atoms with Crippen LogP contribution in [-0.4, -0.2) is 47.3 Å². The van der Waals surface area contributed by atoms with Crippen molar-refractivity contribution in [1.82, 2.24) is 9.80 Å². The zero-order valence-electron chi connectivity index (χ0n) is 18.3. The summed E-state index contributed by atoms with van der Waals surface area (Å²) < 4.78 is 79.8. The minimum absolute atomic E-state index is 0.0260. The molecule has 0 radical (unpaired) electrons. The number of carbonyl (C=O) groups excluding carboxylic acids is 2. The molecule has 2 aromatic carbocycles. The monoisotopic (exact) mass is 540 g/mol. The highest BCUT2D eigenvalue weighted by atomic mass is 35.5. The molecule has 1 saturated heterocycles. The second kappa shape index (κ2) is 10.3. The van der Waals surface area contributed by atoms with Gasteiger partial charge in [0, 0.05) is 31.6 Å². The molecule has 0 aromatic heterocycles. The first kappa shape index (κ1) is 27.1. The fraction of sp³-hybridized carbons (Fsp3) is 0.391. The Balaban J connectivity index is 2.00. The molecule has 1 heterocycles. The Morgan fingerprint density at radius 1 is 0.914 bits per heavy atom. The summed E-state index contributed by atoms with van der Waals surface area (Å²) in [6.45, 7) is 1.76. The molecule has 0 aliphatic carbocycles. The van der Waals surface area contributed by atoms with Crippen LogP contribution in [0, 0.1) is 0 Å². The van der Waals surface area contributed by atoms with Crippen molar-refractivity contribution in [2.45, 2.75) is 38.2 Å². The first-order valence-electron chi connectivity index (χ1n) is 10.5. The molecule has 0 bridgehead atoms. The summed E-state index contributed by atoms with van der Waals surface area (Å²) in [5.74, 6) is -1.18. The number of piperazine rings is 1. The highest BCUT2D eigenvalue weighted by Crippen LogP contribution is 2.37. The van der Waals surface area contributed by atoms with E-state index in [4.69, 9.17) is 23.2 Å². The average molecular weight is 541 g/mol. The number of halogens is 8. The van der Waals surface area contributed by atoms with Crippen LogP contribution in [0.4, 0.5) is 26.3 Å². The molecule has 1 unspecified atom stereocenters. The van der Waals surface area contributed by atoms with Crippen LogP contribution in [-0.2, 0) is 23.6 Å². The van der Waals surface area contributed by atoms with Crippen molar-refractivity contribution < 1.29 is 35.9 Å². The van der Waals surface area contributed by atoms with Gasteiger partial charge in [-0.1, -0.05) is 36.2 Å². The van der Waals surface area contributed by atoms with E-state index in [9.17, 15) is 35.9 Å². The van der Waals surface area contributed by atoms with E-state index in [-0.39, 0.29) is 49.5 Å². The molecule has 35 heavy (non-hydrogen) atoms. The Kier molecular flexibility index (Phi) is 7.96. The van der Waals surface area contributed by atoms with E-state index in [0.717, 1.165) is 0 Å². The molecular weight excluding hydrogens is 521 g/mol.